The predicted octanol–water partition coefficient (Wildman–Crippen LogP) is 2.32. The van der Waals surface area contributed by atoms with Crippen LogP contribution in [0.1, 0.15) is 18.1 Å². The third kappa shape index (κ3) is 2.72. The van der Waals surface area contributed by atoms with E-state index < -0.39 is 0 Å². The molecule has 2 aromatic rings. The Morgan fingerprint density at radius 1 is 1.18 bits per heavy atom. The van der Waals surface area contributed by atoms with Crippen molar-refractivity contribution >= 4 is 0 Å². The fraction of sp³-hybridized carbons (Fsp3) is 0.353. The van der Waals surface area contributed by atoms with E-state index >= 15 is 0 Å². The number of nitrogens with two attached hydrogens (primary N) is 1. The van der Waals surface area contributed by atoms with Gasteiger partial charge in [-0.15, -0.1) is 0 Å². The number of ether oxygens (including phenoxy) is 2. The average Bonchev–Trinajstić information content (AvgIpc) is 2.54. The van der Waals surface area contributed by atoms with Gasteiger partial charge >= 0.3 is 0 Å². The number of nitrogens with zero attached hydrogens (tertiary/aromatic N) is 1. The summed E-state index contributed by atoms with van der Waals surface area (Å²) in [6.07, 6.45) is 0. The topological polar surface area (TPSA) is 66.5 Å². The molecule has 1 heterocycles. The minimum absolute atomic E-state index is 0.0436. The smallest absolute Gasteiger partial charge is 0.255 e. The maximum Gasteiger partial charge on any atom is 0.255 e. The summed E-state index contributed by atoms with van der Waals surface area (Å²) in [6.45, 7) is 4.65. The summed E-state index contributed by atoms with van der Waals surface area (Å²) in [7, 11) is 3.21. The maximum atomic E-state index is 12.6. The van der Waals surface area contributed by atoms with Gasteiger partial charge in [-0.25, -0.2) is 0 Å². The third-order valence-corrected chi connectivity index (χ3v) is 3.83. The minimum Gasteiger partial charge on any atom is -0.497 e. The van der Waals surface area contributed by atoms with Crippen molar-refractivity contribution in [2.24, 2.45) is 5.73 Å². The van der Waals surface area contributed by atoms with Crippen molar-refractivity contribution in [2.75, 3.05) is 14.2 Å². The Morgan fingerprint density at radius 3 is 2.45 bits per heavy atom. The Hall–Kier alpha value is -2.27. The molecule has 118 valence electrons. The normalized spacial score (nSPS) is 10.6. The molecular formula is C17H22N2O3. The van der Waals surface area contributed by atoms with Gasteiger partial charge in [0.15, 0.2) is 0 Å². The van der Waals surface area contributed by atoms with Crippen LogP contribution in [0.3, 0.4) is 0 Å². The Kier molecular flexibility index (Phi) is 4.88. The van der Waals surface area contributed by atoms with Crippen LogP contribution in [0, 0.1) is 6.92 Å². The van der Waals surface area contributed by atoms with Gasteiger partial charge in [-0.1, -0.05) is 0 Å². The van der Waals surface area contributed by atoms with Crippen LogP contribution in [0.2, 0.25) is 0 Å². The van der Waals surface area contributed by atoms with Gasteiger partial charge in [-0.3, -0.25) is 4.79 Å². The highest BCUT2D eigenvalue weighted by molar-refractivity contribution is 5.70. The van der Waals surface area contributed by atoms with E-state index in [4.69, 9.17) is 15.2 Å². The zero-order valence-corrected chi connectivity index (χ0v) is 13.5. The van der Waals surface area contributed by atoms with Gasteiger partial charge in [0.25, 0.3) is 5.56 Å². The van der Waals surface area contributed by atoms with Crippen LogP contribution in [0.15, 0.2) is 29.1 Å². The van der Waals surface area contributed by atoms with Crippen LogP contribution >= 0.6 is 0 Å². The highest BCUT2D eigenvalue weighted by atomic mass is 16.5. The van der Waals surface area contributed by atoms with Crippen LogP contribution < -0.4 is 20.8 Å². The summed E-state index contributed by atoms with van der Waals surface area (Å²) in [5.41, 5.74) is 8.88. The molecule has 5 heteroatoms. The summed E-state index contributed by atoms with van der Waals surface area (Å²) in [4.78, 5) is 12.6. The Labute approximate surface area is 130 Å². The van der Waals surface area contributed by atoms with Crippen LogP contribution in [0.5, 0.6) is 11.5 Å². The van der Waals surface area contributed by atoms with Crippen LogP contribution in [-0.2, 0) is 13.1 Å². The summed E-state index contributed by atoms with van der Waals surface area (Å²) in [6, 6.07) is 7.55. The molecule has 2 N–H and O–H groups in total. The molecule has 0 amide bonds. The van der Waals surface area contributed by atoms with Crippen LogP contribution in [0.4, 0.5) is 0 Å². The first-order valence-electron chi connectivity index (χ1n) is 7.23. The Balaban J connectivity index is 2.75. The van der Waals surface area contributed by atoms with E-state index in [1.807, 2.05) is 38.1 Å². The molecule has 0 radical (unpaired) electrons. The van der Waals surface area contributed by atoms with Crippen molar-refractivity contribution in [2.45, 2.75) is 26.9 Å². The summed E-state index contributed by atoms with van der Waals surface area (Å²) >= 11 is 0. The first-order valence-corrected chi connectivity index (χ1v) is 7.23. The molecule has 1 aromatic carbocycles. The number of pyridine rings is 1. The van der Waals surface area contributed by atoms with Crippen LogP contribution in [-0.4, -0.2) is 18.8 Å². The fourth-order valence-electron chi connectivity index (χ4n) is 2.61. The predicted molar refractivity (Wildman–Crippen MR) is 87.5 cm³/mol. The largest absolute Gasteiger partial charge is 0.497 e. The molecule has 0 aliphatic rings. The molecule has 0 spiro atoms. The van der Waals surface area contributed by atoms with Crippen LogP contribution in [0.25, 0.3) is 11.3 Å². The molecule has 2 rings (SSSR count). The number of hydrogen-bond acceptors (Lipinski definition) is 4. The van der Waals surface area contributed by atoms with Crippen molar-refractivity contribution in [1.82, 2.24) is 4.57 Å². The molecule has 0 saturated heterocycles. The summed E-state index contributed by atoms with van der Waals surface area (Å²) in [5.74, 6) is 1.38. The summed E-state index contributed by atoms with van der Waals surface area (Å²) in [5, 5.41) is 0. The number of methoxy groups -OCH3 is 2. The van der Waals surface area contributed by atoms with Gasteiger partial charge in [0.1, 0.15) is 11.5 Å². The van der Waals surface area contributed by atoms with E-state index in [0.717, 1.165) is 16.8 Å². The van der Waals surface area contributed by atoms with Gasteiger partial charge in [-0.2, -0.15) is 0 Å². The molecular weight excluding hydrogens is 280 g/mol. The van der Waals surface area contributed by atoms with E-state index in [9.17, 15) is 4.79 Å². The average molecular weight is 302 g/mol. The Morgan fingerprint density at radius 2 is 1.91 bits per heavy atom. The lowest BCUT2D eigenvalue weighted by atomic mass is 10.0. The second kappa shape index (κ2) is 6.66. The first-order chi connectivity index (χ1) is 10.6. The second-order valence-electron chi connectivity index (χ2n) is 5.01. The fourth-order valence-corrected chi connectivity index (χ4v) is 2.61. The van der Waals surface area contributed by atoms with Gasteiger partial charge in [-0.05, 0) is 37.6 Å². The molecule has 5 nitrogen and oxygen atoms in total. The Bertz CT molecular complexity index is 735. The molecule has 22 heavy (non-hydrogen) atoms. The van der Waals surface area contributed by atoms with Crippen molar-refractivity contribution < 1.29 is 9.47 Å². The van der Waals surface area contributed by atoms with Gasteiger partial charge in [0.05, 0.1) is 19.9 Å². The van der Waals surface area contributed by atoms with E-state index in [-0.39, 0.29) is 12.1 Å². The molecule has 0 atom stereocenters. The zero-order chi connectivity index (χ0) is 16.3. The second-order valence-corrected chi connectivity index (χ2v) is 5.01. The van der Waals surface area contributed by atoms with Crippen molar-refractivity contribution in [1.29, 1.82) is 0 Å². The number of benzene rings is 1. The minimum atomic E-state index is -0.0436. The number of aryl methyl sites for hydroxylation is 1. The molecule has 0 aliphatic carbocycles. The number of aromatic nitrogens is 1. The zero-order valence-electron chi connectivity index (χ0n) is 13.5. The van der Waals surface area contributed by atoms with E-state index in [2.05, 4.69) is 0 Å². The molecule has 0 aliphatic heterocycles. The van der Waals surface area contributed by atoms with Gasteiger partial charge < -0.3 is 19.8 Å². The number of hydrogen-bond donors (Lipinski definition) is 1. The quantitative estimate of drug-likeness (QED) is 0.920. The van der Waals surface area contributed by atoms with Crippen molar-refractivity contribution in [3.05, 3.63) is 45.7 Å². The van der Waals surface area contributed by atoms with E-state index in [0.29, 0.717) is 23.6 Å². The van der Waals surface area contributed by atoms with Gasteiger partial charge in [0, 0.05) is 30.3 Å². The van der Waals surface area contributed by atoms with E-state index in [1.54, 1.807) is 18.8 Å². The van der Waals surface area contributed by atoms with Crippen molar-refractivity contribution in [3.8, 4) is 22.8 Å². The molecule has 1 aromatic heterocycles. The third-order valence-electron chi connectivity index (χ3n) is 3.83. The first kappa shape index (κ1) is 16.1. The lowest BCUT2D eigenvalue weighted by molar-refractivity contribution is 0.395. The standard InChI is InChI=1S/C17H22N2O3/c1-5-19-15(8-11(2)14(10-18)17(19)20)13-7-6-12(21-3)9-16(13)22-4/h6-9H,5,10,18H2,1-4H3. The SMILES string of the molecule is CCn1c(-c2ccc(OC)cc2OC)cc(C)c(CN)c1=O. The monoisotopic (exact) mass is 302 g/mol. The lowest BCUT2D eigenvalue weighted by Gasteiger charge is -2.17. The maximum absolute atomic E-state index is 12.6. The van der Waals surface area contributed by atoms with E-state index in [1.165, 1.54) is 0 Å². The molecule has 0 unspecified atom stereocenters. The van der Waals surface area contributed by atoms with Gasteiger partial charge in [0.2, 0.25) is 0 Å². The highest BCUT2D eigenvalue weighted by Crippen LogP contribution is 2.33. The highest BCUT2D eigenvalue weighted by Gasteiger charge is 2.15. The summed E-state index contributed by atoms with van der Waals surface area (Å²) < 4.78 is 12.4. The molecule has 0 bridgehead atoms. The molecule has 0 saturated carbocycles. The van der Waals surface area contributed by atoms with Crippen molar-refractivity contribution in [3.63, 3.8) is 0 Å². The number of rotatable bonds is 5. The lowest BCUT2D eigenvalue weighted by Crippen LogP contribution is -2.27. The molecule has 0 fully saturated rings.